The van der Waals surface area contributed by atoms with Gasteiger partial charge in [-0.3, -0.25) is 0 Å². The molecule has 0 amide bonds. The maximum atomic E-state index is 5.06. The maximum absolute atomic E-state index is 5.06. The topological polar surface area (TPSA) is 39.9 Å². The Labute approximate surface area is 90.7 Å². The average Bonchev–Trinajstić information content (AvgIpc) is 2.87. The van der Waals surface area contributed by atoms with E-state index in [9.17, 15) is 0 Å². The number of nitrogens with zero attached hydrogens (tertiary/aromatic N) is 3. The van der Waals surface area contributed by atoms with Crippen molar-refractivity contribution >= 4 is 0 Å². The quantitative estimate of drug-likeness (QED) is 0.740. The molecule has 0 aromatic carbocycles. The maximum Gasteiger partial charge on any atom is 0.133 e. The normalized spacial score (nSPS) is 17.4. The highest BCUT2D eigenvalue weighted by Gasteiger charge is 2.17. The van der Waals surface area contributed by atoms with Gasteiger partial charge in [-0.1, -0.05) is 25.7 Å². The third kappa shape index (κ3) is 2.78. The van der Waals surface area contributed by atoms with Crippen LogP contribution < -0.4 is 0 Å². The molecule has 1 saturated carbocycles. The van der Waals surface area contributed by atoms with Gasteiger partial charge in [0.25, 0.3) is 0 Å². The Morgan fingerprint density at radius 1 is 1.47 bits per heavy atom. The summed E-state index contributed by atoms with van der Waals surface area (Å²) in [6.45, 7) is 1.60. The van der Waals surface area contributed by atoms with Gasteiger partial charge in [-0.2, -0.15) is 0 Å². The van der Waals surface area contributed by atoms with E-state index in [1.807, 2.05) is 6.33 Å². The minimum atomic E-state index is 0.732. The first kappa shape index (κ1) is 10.6. The highest BCUT2D eigenvalue weighted by molar-refractivity contribution is 4.89. The van der Waals surface area contributed by atoms with Crippen LogP contribution in [-0.4, -0.2) is 28.5 Å². The van der Waals surface area contributed by atoms with Gasteiger partial charge in [0.2, 0.25) is 0 Å². The summed E-state index contributed by atoms with van der Waals surface area (Å²) < 4.78 is 7.18. The Hall–Kier alpha value is -0.900. The Balaban J connectivity index is 1.91. The highest BCUT2D eigenvalue weighted by Crippen LogP contribution is 2.27. The lowest BCUT2D eigenvalue weighted by Gasteiger charge is -2.09. The van der Waals surface area contributed by atoms with Crippen LogP contribution in [0.2, 0.25) is 0 Å². The summed E-state index contributed by atoms with van der Waals surface area (Å²) in [5, 5.41) is 8.16. The van der Waals surface area contributed by atoms with Crippen LogP contribution >= 0.6 is 0 Å². The van der Waals surface area contributed by atoms with Crippen molar-refractivity contribution in [3.05, 3.63) is 12.2 Å². The van der Waals surface area contributed by atoms with E-state index in [0.717, 1.165) is 31.3 Å². The summed E-state index contributed by atoms with van der Waals surface area (Å²) in [6.07, 6.45) is 8.38. The summed E-state index contributed by atoms with van der Waals surface area (Å²) in [5.41, 5.74) is 0. The van der Waals surface area contributed by atoms with Gasteiger partial charge in [0.15, 0.2) is 0 Å². The van der Waals surface area contributed by atoms with Crippen molar-refractivity contribution in [2.24, 2.45) is 5.92 Å². The lowest BCUT2D eigenvalue weighted by Crippen LogP contribution is -2.10. The second-order valence-corrected chi connectivity index (χ2v) is 4.29. The van der Waals surface area contributed by atoms with Gasteiger partial charge >= 0.3 is 0 Å². The van der Waals surface area contributed by atoms with Crippen molar-refractivity contribution in [1.82, 2.24) is 14.8 Å². The first-order valence-electron chi connectivity index (χ1n) is 5.76. The van der Waals surface area contributed by atoms with E-state index in [2.05, 4.69) is 14.8 Å². The van der Waals surface area contributed by atoms with Crippen molar-refractivity contribution in [2.45, 2.75) is 38.6 Å². The summed E-state index contributed by atoms with van der Waals surface area (Å²) in [4.78, 5) is 0. The zero-order valence-electron chi connectivity index (χ0n) is 9.35. The molecular weight excluding hydrogens is 190 g/mol. The molecular formula is C11H19N3O. The molecule has 0 N–H and O–H groups in total. The molecule has 84 valence electrons. The van der Waals surface area contributed by atoms with Crippen molar-refractivity contribution in [3.8, 4) is 0 Å². The van der Waals surface area contributed by atoms with Crippen LogP contribution in [0.15, 0.2) is 6.33 Å². The number of methoxy groups -OCH3 is 1. The Kier molecular flexibility index (Phi) is 3.72. The average molecular weight is 209 g/mol. The highest BCUT2D eigenvalue weighted by atomic mass is 16.5. The molecule has 0 spiro atoms. The van der Waals surface area contributed by atoms with Gasteiger partial charge < -0.3 is 9.30 Å². The van der Waals surface area contributed by atoms with E-state index in [0.29, 0.717) is 0 Å². The van der Waals surface area contributed by atoms with Gasteiger partial charge in [-0.15, -0.1) is 10.2 Å². The van der Waals surface area contributed by atoms with Crippen LogP contribution in [0.4, 0.5) is 0 Å². The van der Waals surface area contributed by atoms with E-state index in [1.54, 1.807) is 7.11 Å². The Bertz CT molecular complexity index is 292. The number of hydrogen-bond donors (Lipinski definition) is 0. The Morgan fingerprint density at radius 2 is 2.27 bits per heavy atom. The third-order valence-corrected chi connectivity index (χ3v) is 3.18. The summed E-state index contributed by atoms with van der Waals surface area (Å²) in [6, 6.07) is 0. The monoisotopic (exact) mass is 209 g/mol. The molecule has 1 aliphatic carbocycles. The molecule has 1 fully saturated rings. The van der Waals surface area contributed by atoms with Crippen molar-refractivity contribution in [3.63, 3.8) is 0 Å². The SMILES string of the molecule is COCCn1cnnc1CC1CCCC1. The van der Waals surface area contributed by atoms with Crippen molar-refractivity contribution < 1.29 is 4.74 Å². The minimum absolute atomic E-state index is 0.732. The van der Waals surface area contributed by atoms with Crippen LogP contribution in [0, 0.1) is 5.92 Å². The fourth-order valence-corrected chi connectivity index (χ4v) is 2.29. The molecule has 1 aliphatic rings. The number of ether oxygens (including phenoxy) is 1. The number of rotatable bonds is 5. The first-order chi connectivity index (χ1) is 7.40. The molecule has 0 radical (unpaired) electrons. The minimum Gasteiger partial charge on any atom is -0.383 e. The fourth-order valence-electron chi connectivity index (χ4n) is 2.29. The smallest absolute Gasteiger partial charge is 0.133 e. The fraction of sp³-hybridized carbons (Fsp3) is 0.818. The molecule has 0 unspecified atom stereocenters. The lowest BCUT2D eigenvalue weighted by molar-refractivity contribution is 0.186. The third-order valence-electron chi connectivity index (χ3n) is 3.18. The molecule has 1 aromatic rings. The van der Waals surface area contributed by atoms with Gasteiger partial charge in [0, 0.05) is 20.1 Å². The van der Waals surface area contributed by atoms with Gasteiger partial charge in [-0.25, -0.2) is 0 Å². The molecule has 4 nitrogen and oxygen atoms in total. The van der Waals surface area contributed by atoms with E-state index in [4.69, 9.17) is 4.74 Å². The molecule has 15 heavy (non-hydrogen) atoms. The second kappa shape index (κ2) is 5.26. The molecule has 0 saturated heterocycles. The predicted octanol–water partition coefficient (Wildman–Crippen LogP) is 1.66. The molecule has 0 aliphatic heterocycles. The second-order valence-electron chi connectivity index (χ2n) is 4.29. The molecule has 2 rings (SSSR count). The molecule has 1 heterocycles. The standard InChI is InChI=1S/C11H19N3O/c1-15-7-6-14-9-12-13-11(14)8-10-4-2-3-5-10/h9-10H,2-8H2,1H3. The summed E-state index contributed by atoms with van der Waals surface area (Å²) in [5.74, 6) is 1.95. The molecule has 0 bridgehead atoms. The van der Waals surface area contributed by atoms with Crippen LogP contribution in [0.25, 0.3) is 0 Å². The van der Waals surface area contributed by atoms with E-state index < -0.39 is 0 Å². The van der Waals surface area contributed by atoms with Crippen LogP contribution in [-0.2, 0) is 17.7 Å². The van der Waals surface area contributed by atoms with Gasteiger partial charge in [-0.05, 0) is 5.92 Å². The van der Waals surface area contributed by atoms with Crippen molar-refractivity contribution in [1.29, 1.82) is 0 Å². The molecule has 4 heteroatoms. The largest absolute Gasteiger partial charge is 0.383 e. The Morgan fingerprint density at radius 3 is 3.00 bits per heavy atom. The summed E-state index contributed by atoms with van der Waals surface area (Å²) >= 11 is 0. The van der Waals surface area contributed by atoms with E-state index >= 15 is 0 Å². The van der Waals surface area contributed by atoms with Crippen LogP contribution in [0.3, 0.4) is 0 Å². The van der Waals surface area contributed by atoms with Crippen LogP contribution in [0.5, 0.6) is 0 Å². The van der Waals surface area contributed by atoms with Crippen molar-refractivity contribution in [2.75, 3.05) is 13.7 Å². The lowest BCUT2D eigenvalue weighted by atomic mass is 10.0. The first-order valence-corrected chi connectivity index (χ1v) is 5.76. The predicted molar refractivity (Wildman–Crippen MR) is 57.6 cm³/mol. The van der Waals surface area contributed by atoms with Gasteiger partial charge in [0.1, 0.15) is 12.2 Å². The van der Waals surface area contributed by atoms with E-state index in [-0.39, 0.29) is 0 Å². The number of hydrogen-bond acceptors (Lipinski definition) is 3. The molecule has 1 aromatic heterocycles. The summed E-state index contributed by atoms with van der Waals surface area (Å²) in [7, 11) is 1.72. The number of aromatic nitrogens is 3. The van der Waals surface area contributed by atoms with Crippen LogP contribution in [0.1, 0.15) is 31.5 Å². The zero-order valence-corrected chi connectivity index (χ0v) is 9.35. The van der Waals surface area contributed by atoms with E-state index in [1.165, 1.54) is 25.7 Å². The van der Waals surface area contributed by atoms with Gasteiger partial charge in [0.05, 0.1) is 6.61 Å². The molecule has 0 atom stereocenters. The zero-order chi connectivity index (χ0) is 10.5.